The zero-order chi connectivity index (χ0) is 15.5. The minimum absolute atomic E-state index is 0.0308. The zero-order valence-corrected chi connectivity index (χ0v) is 12.9. The Morgan fingerprint density at radius 2 is 2.24 bits per heavy atom. The number of para-hydroxylation sites is 1. The van der Waals surface area contributed by atoms with Crippen LogP contribution in [0, 0.1) is 5.41 Å². The number of carbonyl (C=O) groups excluding carboxylic acids is 1. The highest BCUT2D eigenvalue weighted by Gasteiger charge is 2.21. The molecule has 0 spiro atoms. The Morgan fingerprint density at radius 3 is 2.95 bits per heavy atom. The number of ether oxygens (including phenoxy) is 1. The molecule has 0 aliphatic carbocycles. The second-order valence-electron chi connectivity index (χ2n) is 6.59. The molecule has 1 amide bonds. The van der Waals surface area contributed by atoms with Gasteiger partial charge >= 0.3 is 0 Å². The Bertz CT molecular complexity index is 509. The van der Waals surface area contributed by atoms with E-state index < -0.39 is 6.10 Å². The van der Waals surface area contributed by atoms with E-state index in [1.807, 2.05) is 12.1 Å². The van der Waals surface area contributed by atoms with E-state index in [4.69, 9.17) is 4.74 Å². The molecule has 5 nitrogen and oxygen atoms in total. The van der Waals surface area contributed by atoms with Crippen LogP contribution in [0.25, 0.3) is 0 Å². The van der Waals surface area contributed by atoms with Gasteiger partial charge in [-0.1, -0.05) is 26.8 Å². The number of carbonyl (C=O) groups is 1. The van der Waals surface area contributed by atoms with Gasteiger partial charge in [0.2, 0.25) is 0 Å². The lowest BCUT2D eigenvalue weighted by Gasteiger charge is -2.23. The van der Waals surface area contributed by atoms with Gasteiger partial charge in [0.25, 0.3) is 5.91 Å². The van der Waals surface area contributed by atoms with Crippen molar-refractivity contribution in [3.8, 4) is 5.75 Å². The third-order valence-electron chi connectivity index (χ3n) is 3.27. The molecule has 21 heavy (non-hydrogen) atoms. The van der Waals surface area contributed by atoms with Crippen LogP contribution < -0.4 is 15.4 Å². The van der Waals surface area contributed by atoms with E-state index in [0.717, 1.165) is 12.2 Å². The summed E-state index contributed by atoms with van der Waals surface area (Å²) in [7, 11) is 0. The highest BCUT2D eigenvalue weighted by Crippen LogP contribution is 2.31. The van der Waals surface area contributed by atoms with Gasteiger partial charge in [-0.15, -0.1) is 0 Å². The molecule has 1 aliphatic heterocycles. The topological polar surface area (TPSA) is 70.6 Å². The monoisotopic (exact) mass is 292 g/mol. The molecule has 0 aromatic heterocycles. The van der Waals surface area contributed by atoms with E-state index in [2.05, 4.69) is 31.4 Å². The molecule has 0 fully saturated rings. The lowest BCUT2D eigenvalue weighted by Crippen LogP contribution is -2.34. The zero-order valence-electron chi connectivity index (χ0n) is 12.9. The van der Waals surface area contributed by atoms with E-state index in [1.54, 1.807) is 6.07 Å². The molecule has 0 saturated heterocycles. The first kappa shape index (κ1) is 15.6. The summed E-state index contributed by atoms with van der Waals surface area (Å²) in [5, 5.41) is 15.9. The van der Waals surface area contributed by atoms with Crippen LogP contribution in [0.1, 0.15) is 37.6 Å². The third kappa shape index (κ3) is 4.36. The third-order valence-corrected chi connectivity index (χ3v) is 3.27. The van der Waals surface area contributed by atoms with Gasteiger partial charge in [0, 0.05) is 13.1 Å². The van der Waals surface area contributed by atoms with Crippen molar-refractivity contribution in [1.82, 2.24) is 5.32 Å². The molecule has 1 aliphatic rings. The standard InChI is InChI=1S/C16H24N2O3/c1-16(2,3)9-11(19)10-18-15(20)12-5-4-6-13-14(12)21-8-7-17-13/h4-6,11,17,19H,7-10H2,1-3H3,(H,18,20). The number of amides is 1. The Balaban J connectivity index is 1.98. The molecule has 0 radical (unpaired) electrons. The van der Waals surface area contributed by atoms with E-state index in [9.17, 15) is 9.90 Å². The summed E-state index contributed by atoms with van der Waals surface area (Å²) >= 11 is 0. The molecular formula is C16H24N2O3. The molecule has 0 bridgehead atoms. The van der Waals surface area contributed by atoms with E-state index in [1.165, 1.54) is 0 Å². The van der Waals surface area contributed by atoms with Crippen molar-refractivity contribution >= 4 is 11.6 Å². The van der Waals surface area contributed by atoms with E-state index in [0.29, 0.717) is 24.3 Å². The summed E-state index contributed by atoms with van der Waals surface area (Å²) in [5.41, 5.74) is 1.37. The summed E-state index contributed by atoms with van der Waals surface area (Å²) in [5.74, 6) is 0.370. The number of nitrogens with one attached hydrogen (secondary N) is 2. The van der Waals surface area contributed by atoms with Crippen molar-refractivity contribution in [2.45, 2.75) is 33.3 Å². The number of rotatable bonds is 4. The first-order valence-corrected chi connectivity index (χ1v) is 7.33. The average molecular weight is 292 g/mol. The van der Waals surface area contributed by atoms with Gasteiger partial charge in [-0.05, 0) is 24.0 Å². The molecule has 1 aromatic carbocycles. The highest BCUT2D eigenvalue weighted by molar-refractivity contribution is 5.99. The Kier molecular flexibility index (Phi) is 4.73. The number of benzene rings is 1. The Hall–Kier alpha value is -1.75. The van der Waals surface area contributed by atoms with Crippen molar-refractivity contribution in [3.05, 3.63) is 23.8 Å². The smallest absolute Gasteiger partial charge is 0.255 e. The van der Waals surface area contributed by atoms with Crippen LogP contribution in [0.15, 0.2) is 18.2 Å². The fraction of sp³-hybridized carbons (Fsp3) is 0.562. The normalized spacial score (nSPS) is 15.4. The summed E-state index contributed by atoms with van der Waals surface area (Å²) < 4.78 is 5.58. The first-order valence-electron chi connectivity index (χ1n) is 7.33. The van der Waals surface area contributed by atoms with Crippen LogP contribution in [0.4, 0.5) is 5.69 Å². The molecule has 2 rings (SSSR count). The van der Waals surface area contributed by atoms with Gasteiger partial charge in [0.05, 0.1) is 17.4 Å². The number of hydrogen-bond acceptors (Lipinski definition) is 4. The Labute approximate surface area is 125 Å². The molecule has 1 aromatic rings. The van der Waals surface area contributed by atoms with Gasteiger partial charge < -0.3 is 20.5 Å². The maximum absolute atomic E-state index is 12.3. The minimum atomic E-state index is -0.549. The van der Waals surface area contributed by atoms with Gasteiger partial charge in [0.15, 0.2) is 5.75 Å². The molecule has 0 saturated carbocycles. The molecule has 116 valence electrons. The van der Waals surface area contributed by atoms with Gasteiger partial charge in [-0.3, -0.25) is 4.79 Å². The lowest BCUT2D eigenvalue weighted by molar-refractivity contribution is 0.0865. The molecule has 5 heteroatoms. The first-order chi connectivity index (χ1) is 9.87. The lowest BCUT2D eigenvalue weighted by atomic mass is 9.89. The summed E-state index contributed by atoms with van der Waals surface area (Å²) in [6.07, 6.45) is 0.0886. The molecule has 1 unspecified atom stereocenters. The number of hydrogen-bond donors (Lipinski definition) is 3. The van der Waals surface area contributed by atoms with Crippen molar-refractivity contribution in [1.29, 1.82) is 0 Å². The number of aliphatic hydroxyl groups excluding tert-OH is 1. The summed E-state index contributed by atoms with van der Waals surface area (Å²) in [6.45, 7) is 7.71. The van der Waals surface area contributed by atoms with Gasteiger partial charge in [0.1, 0.15) is 6.61 Å². The van der Waals surface area contributed by atoms with Crippen LogP contribution in [-0.2, 0) is 0 Å². The Morgan fingerprint density at radius 1 is 1.48 bits per heavy atom. The fourth-order valence-electron chi connectivity index (χ4n) is 2.43. The highest BCUT2D eigenvalue weighted by atomic mass is 16.5. The predicted molar refractivity (Wildman–Crippen MR) is 82.8 cm³/mol. The molecular weight excluding hydrogens is 268 g/mol. The fourth-order valence-corrected chi connectivity index (χ4v) is 2.43. The number of aliphatic hydroxyl groups is 1. The van der Waals surface area contributed by atoms with E-state index >= 15 is 0 Å². The summed E-state index contributed by atoms with van der Waals surface area (Å²) in [6, 6.07) is 5.44. The maximum atomic E-state index is 12.3. The summed E-state index contributed by atoms with van der Waals surface area (Å²) in [4.78, 5) is 12.3. The number of anilines is 1. The number of fused-ring (bicyclic) bond motifs is 1. The van der Waals surface area contributed by atoms with Gasteiger partial charge in [-0.2, -0.15) is 0 Å². The predicted octanol–water partition coefficient (Wildman–Crippen LogP) is 2.02. The minimum Gasteiger partial charge on any atom is -0.489 e. The molecule has 3 N–H and O–H groups in total. The van der Waals surface area contributed by atoms with Crippen molar-refractivity contribution in [3.63, 3.8) is 0 Å². The second-order valence-corrected chi connectivity index (χ2v) is 6.59. The van der Waals surface area contributed by atoms with Crippen LogP contribution in [0.2, 0.25) is 0 Å². The average Bonchev–Trinajstić information content (AvgIpc) is 2.42. The van der Waals surface area contributed by atoms with Gasteiger partial charge in [-0.25, -0.2) is 0 Å². The quantitative estimate of drug-likeness (QED) is 0.794. The van der Waals surface area contributed by atoms with Crippen molar-refractivity contribution in [2.24, 2.45) is 5.41 Å². The molecule has 1 heterocycles. The van der Waals surface area contributed by atoms with Crippen LogP contribution in [0.5, 0.6) is 5.75 Å². The van der Waals surface area contributed by atoms with Crippen LogP contribution in [-0.4, -0.2) is 36.8 Å². The largest absolute Gasteiger partial charge is 0.489 e. The van der Waals surface area contributed by atoms with Crippen LogP contribution >= 0.6 is 0 Å². The SMILES string of the molecule is CC(C)(C)CC(O)CNC(=O)c1cccc2c1OCCN2. The van der Waals surface area contributed by atoms with E-state index in [-0.39, 0.29) is 17.9 Å². The van der Waals surface area contributed by atoms with Crippen molar-refractivity contribution in [2.75, 3.05) is 25.0 Å². The molecule has 1 atom stereocenters. The van der Waals surface area contributed by atoms with Crippen LogP contribution in [0.3, 0.4) is 0 Å². The van der Waals surface area contributed by atoms with Crippen molar-refractivity contribution < 1.29 is 14.6 Å². The maximum Gasteiger partial charge on any atom is 0.255 e. The second kappa shape index (κ2) is 6.35.